The van der Waals surface area contributed by atoms with Crippen LogP contribution in [0.4, 0.5) is 0 Å². The topological polar surface area (TPSA) is 67.4 Å². The average molecular weight is 485 g/mol. The molecule has 27 heavy (non-hydrogen) atoms. The van der Waals surface area contributed by atoms with Gasteiger partial charge in [0.15, 0.2) is 5.96 Å². The van der Waals surface area contributed by atoms with E-state index in [1.807, 2.05) is 30.8 Å². The van der Waals surface area contributed by atoms with E-state index in [9.17, 15) is 0 Å². The molecule has 0 aromatic carbocycles. The maximum Gasteiger partial charge on any atom is 0.191 e. The Morgan fingerprint density at radius 1 is 1.41 bits per heavy atom. The van der Waals surface area contributed by atoms with Crippen LogP contribution in [0.1, 0.15) is 36.6 Å². The van der Waals surface area contributed by atoms with Crippen molar-refractivity contribution in [3.05, 3.63) is 53.3 Å². The molecular formula is C20H32IN5O. The van der Waals surface area contributed by atoms with Crippen LogP contribution in [0.15, 0.2) is 40.0 Å². The van der Waals surface area contributed by atoms with Gasteiger partial charge in [-0.15, -0.1) is 24.0 Å². The molecule has 2 aromatic rings. The first-order valence-electron chi connectivity index (χ1n) is 9.07. The van der Waals surface area contributed by atoms with Gasteiger partial charge in [0.1, 0.15) is 5.76 Å². The summed E-state index contributed by atoms with van der Waals surface area (Å²) in [5, 5.41) is 11.4. The lowest BCUT2D eigenvalue weighted by Gasteiger charge is -2.18. The van der Waals surface area contributed by atoms with E-state index in [2.05, 4.69) is 48.1 Å². The lowest BCUT2D eigenvalue weighted by atomic mass is 10.1. The molecule has 0 saturated heterocycles. The zero-order valence-corrected chi connectivity index (χ0v) is 19.3. The van der Waals surface area contributed by atoms with Gasteiger partial charge in [-0.1, -0.05) is 12.2 Å². The largest absolute Gasteiger partial charge is 0.469 e. The molecule has 0 fully saturated rings. The lowest BCUT2D eigenvalue weighted by Crippen LogP contribution is -2.44. The minimum Gasteiger partial charge on any atom is -0.469 e. The van der Waals surface area contributed by atoms with Gasteiger partial charge in [0, 0.05) is 31.7 Å². The van der Waals surface area contributed by atoms with Crippen molar-refractivity contribution in [2.75, 3.05) is 13.1 Å². The summed E-state index contributed by atoms with van der Waals surface area (Å²) in [5.41, 5.74) is 4.62. The van der Waals surface area contributed by atoms with Crippen molar-refractivity contribution < 1.29 is 4.42 Å². The van der Waals surface area contributed by atoms with Gasteiger partial charge in [-0.05, 0) is 51.8 Å². The van der Waals surface area contributed by atoms with Crippen LogP contribution < -0.4 is 10.6 Å². The Balaban J connectivity index is 0.00000364. The summed E-state index contributed by atoms with van der Waals surface area (Å²) in [7, 11) is 1.99. The summed E-state index contributed by atoms with van der Waals surface area (Å²) in [5.74, 6) is 1.76. The van der Waals surface area contributed by atoms with E-state index >= 15 is 0 Å². The maximum absolute atomic E-state index is 5.38. The number of nitrogens with one attached hydrogen (secondary N) is 2. The van der Waals surface area contributed by atoms with Crippen LogP contribution in [0.25, 0.3) is 0 Å². The lowest BCUT2D eigenvalue weighted by molar-refractivity contribution is 0.506. The third-order valence-corrected chi connectivity index (χ3v) is 4.30. The number of halogens is 1. The van der Waals surface area contributed by atoms with E-state index < -0.39 is 0 Å². The molecule has 2 rings (SSSR count). The zero-order chi connectivity index (χ0) is 19.1. The van der Waals surface area contributed by atoms with E-state index in [-0.39, 0.29) is 30.0 Å². The van der Waals surface area contributed by atoms with Crippen LogP contribution in [-0.2, 0) is 19.9 Å². The number of aliphatic imine (C=N–C) groups is 1. The molecule has 2 aromatic heterocycles. The number of aromatic nitrogens is 2. The summed E-state index contributed by atoms with van der Waals surface area (Å²) in [6.07, 6.45) is 3.41. The number of hydrogen-bond donors (Lipinski definition) is 2. The van der Waals surface area contributed by atoms with Crippen LogP contribution in [0, 0.1) is 13.8 Å². The summed E-state index contributed by atoms with van der Waals surface area (Å²) in [6, 6.07) is 4.12. The molecule has 0 spiro atoms. The second-order valence-corrected chi connectivity index (χ2v) is 6.90. The van der Waals surface area contributed by atoms with Gasteiger partial charge >= 0.3 is 0 Å². The molecule has 1 atom stereocenters. The maximum atomic E-state index is 5.38. The van der Waals surface area contributed by atoms with E-state index in [0.29, 0.717) is 6.54 Å². The molecule has 0 saturated carbocycles. The smallest absolute Gasteiger partial charge is 0.191 e. The Morgan fingerprint density at radius 3 is 2.70 bits per heavy atom. The minimum atomic E-state index is 0. The van der Waals surface area contributed by atoms with Gasteiger partial charge in [0.25, 0.3) is 0 Å². The second-order valence-electron chi connectivity index (χ2n) is 6.90. The fourth-order valence-corrected chi connectivity index (χ4v) is 2.83. The van der Waals surface area contributed by atoms with Gasteiger partial charge in [0.05, 0.1) is 18.5 Å². The first-order chi connectivity index (χ1) is 12.4. The molecule has 0 aliphatic rings. The molecule has 7 heteroatoms. The summed E-state index contributed by atoms with van der Waals surface area (Å²) in [6.45, 7) is 13.6. The zero-order valence-electron chi connectivity index (χ0n) is 17.0. The first kappa shape index (κ1) is 23.3. The number of rotatable bonds is 8. The molecule has 6 nitrogen and oxygen atoms in total. The predicted octanol–water partition coefficient (Wildman–Crippen LogP) is 3.53. The molecule has 0 aliphatic carbocycles. The third-order valence-electron chi connectivity index (χ3n) is 4.30. The van der Waals surface area contributed by atoms with Crippen molar-refractivity contribution in [2.45, 2.75) is 46.6 Å². The minimum absolute atomic E-state index is 0. The van der Waals surface area contributed by atoms with Gasteiger partial charge in [-0.3, -0.25) is 4.68 Å². The highest BCUT2D eigenvalue weighted by Gasteiger charge is 2.14. The van der Waals surface area contributed by atoms with Crippen LogP contribution in [-0.4, -0.2) is 34.9 Å². The second kappa shape index (κ2) is 11.2. The predicted molar refractivity (Wildman–Crippen MR) is 122 cm³/mol. The Bertz CT molecular complexity index is 749. The number of aryl methyl sites for hydroxylation is 2. The highest BCUT2D eigenvalue weighted by atomic mass is 127. The van der Waals surface area contributed by atoms with Crippen LogP contribution >= 0.6 is 24.0 Å². The number of furan rings is 1. The molecular weight excluding hydrogens is 453 g/mol. The highest BCUT2D eigenvalue weighted by Crippen LogP contribution is 2.14. The Kier molecular flexibility index (Phi) is 9.62. The third kappa shape index (κ3) is 7.40. The van der Waals surface area contributed by atoms with Crippen molar-refractivity contribution in [3.63, 3.8) is 0 Å². The normalized spacial score (nSPS) is 12.4. The van der Waals surface area contributed by atoms with Gasteiger partial charge < -0.3 is 15.1 Å². The SMILES string of the molecule is C=C(C)CN=C(NCCc1ccco1)NC(C)Cc1c(C)nn(C)c1C.I. The van der Waals surface area contributed by atoms with Crippen molar-refractivity contribution in [1.82, 2.24) is 20.4 Å². The molecule has 2 heterocycles. The van der Waals surface area contributed by atoms with Crippen LogP contribution in [0.2, 0.25) is 0 Å². The summed E-state index contributed by atoms with van der Waals surface area (Å²) < 4.78 is 7.32. The summed E-state index contributed by atoms with van der Waals surface area (Å²) >= 11 is 0. The monoisotopic (exact) mass is 485 g/mol. The van der Waals surface area contributed by atoms with Crippen molar-refractivity contribution in [3.8, 4) is 0 Å². The van der Waals surface area contributed by atoms with Crippen molar-refractivity contribution >= 4 is 29.9 Å². The fourth-order valence-electron chi connectivity index (χ4n) is 2.83. The Labute approximate surface area is 179 Å². The molecule has 0 radical (unpaired) electrons. The fraction of sp³-hybridized carbons (Fsp3) is 0.500. The van der Waals surface area contributed by atoms with Crippen molar-refractivity contribution in [1.29, 1.82) is 0 Å². The van der Waals surface area contributed by atoms with E-state index in [1.54, 1.807) is 6.26 Å². The quantitative estimate of drug-likeness (QED) is 0.260. The molecule has 2 N–H and O–H groups in total. The van der Waals surface area contributed by atoms with Gasteiger partial charge in [0.2, 0.25) is 0 Å². The first-order valence-corrected chi connectivity index (χ1v) is 9.07. The molecule has 0 aliphatic heterocycles. The standard InChI is InChI=1S/C20H31N5O.HI/c1-14(2)13-22-20(21-10-9-18-8-7-11-26-18)23-15(3)12-19-16(4)24-25(6)17(19)5;/h7-8,11,15H,1,9-10,12-13H2,2-6H3,(H2,21,22,23);1H. The van der Waals surface area contributed by atoms with Crippen LogP contribution in [0.5, 0.6) is 0 Å². The average Bonchev–Trinajstić information content (AvgIpc) is 3.17. The van der Waals surface area contributed by atoms with Crippen LogP contribution in [0.3, 0.4) is 0 Å². The van der Waals surface area contributed by atoms with Gasteiger partial charge in [-0.2, -0.15) is 5.10 Å². The summed E-state index contributed by atoms with van der Waals surface area (Å²) in [4.78, 5) is 4.62. The van der Waals surface area contributed by atoms with E-state index in [0.717, 1.165) is 42.4 Å². The molecule has 1 unspecified atom stereocenters. The number of nitrogens with zero attached hydrogens (tertiary/aromatic N) is 3. The number of hydrogen-bond acceptors (Lipinski definition) is 3. The molecule has 0 amide bonds. The highest BCUT2D eigenvalue weighted by molar-refractivity contribution is 14.0. The molecule has 0 bridgehead atoms. The number of guanidine groups is 1. The van der Waals surface area contributed by atoms with Crippen molar-refractivity contribution in [2.24, 2.45) is 12.0 Å². The Morgan fingerprint density at radius 2 is 2.15 bits per heavy atom. The van der Waals surface area contributed by atoms with E-state index in [1.165, 1.54) is 11.3 Å². The van der Waals surface area contributed by atoms with E-state index in [4.69, 9.17) is 4.42 Å². The van der Waals surface area contributed by atoms with Gasteiger partial charge in [-0.25, -0.2) is 4.99 Å². The molecule has 150 valence electrons. The Hall–Kier alpha value is -1.77.